The zero-order valence-electron chi connectivity index (χ0n) is 9.93. The summed E-state index contributed by atoms with van der Waals surface area (Å²) < 4.78 is 0. The van der Waals surface area contributed by atoms with Crippen LogP contribution < -0.4 is 0 Å². The Morgan fingerprint density at radius 3 is 2.47 bits per heavy atom. The average molecular weight is 204 g/mol. The van der Waals surface area contributed by atoms with Gasteiger partial charge in [0.15, 0.2) is 0 Å². The second-order valence-corrected chi connectivity index (χ2v) is 4.95. The number of aryl methyl sites for hydroxylation is 2. The number of hydrogen-bond donors (Lipinski definition) is 1. The van der Waals surface area contributed by atoms with Gasteiger partial charge in [0, 0.05) is 6.42 Å². The fourth-order valence-electron chi connectivity index (χ4n) is 2.08. The molecule has 1 aromatic rings. The van der Waals surface area contributed by atoms with E-state index in [0.29, 0.717) is 0 Å². The predicted molar refractivity (Wildman–Crippen MR) is 63.2 cm³/mol. The third kappa shape index (κ3) is 2.23. The molecule has 0 atom stereocenters. The predicted octanol–water partition coefficient (Wildman–Crippen LogP) is 2.93. The lowest BCUT2D eigenvalue weighted by Gasteiger charge is -2.14. The quantitative estimate of drug-likeness (QED) is 0.802. The first-order valence-corrected chi connectivity index (χ1v) is 5.85. The Labute approximate surface area is 92.1 Å². The molecule has 2 rings (SSSR count). The summed E-state index contributed by atoms with van der Waals surface area (Å²) in [6, 6.07) is 4.52. The minimum absolute atomic E-state index is 0.371. The Kier molecular flexibility index (Phi) is 2.59. The van der Waals surface area contributed by atoms with Crippen LogP contribution in [0.1, 0.15) is 42.0 Å². The van der Waals surface area contributed by atoms with Crippen LogP contribution in [-0.4, -0.2) is 10.7 Å². The first-order chi connectivity index (χ1) is 7.04. The van der Waals surface area contributed by atoms with Gasteiger partial charge in [-0.25, -0.2) is 0 Å². The number of aliphatic hydroxyl groups is 1. The van der Waals surface area contributed by atoms with E-state index in [1.807, 2.05) is 0 Å². The van der Waals surface area contributed by atoms with Gasteiger partial charge < -0.3 is 5.11 Å². The zero-order chi connectivity index (χ0) is 11.1. The highest BCUT2D eigenvalue weighted by Gasteiger charge is 2.40. The summed E-state index contributed by atoms with van der Waals surface area (Å²) >= 11 is 0. The van der Waals surface area contributed by atoms with E-state index in [0.717, 1.165) is 25.7 Å². The van der Waals surface area contributed by atoms with E-state index >= 15 is 0 Å². The third-order valence-electron chi connectivity index (χ3n) is 3.59. The smallest absolute Gasteiger partial charge is 0.0690 e. The lowest BCUT2D eigenvalue weighted by molar-refractivity contribution is 0.150. The molecule has 1 aliphatic rings. The molecule has 82 valence electrons. The van der Waals surface area contributed by atoms with Crippen molar-refractivity contribution in [1.29, 1.82) is 0 Å². The molecule has 15 heavy (non-hydrogen) atoms. The summed E-state index contributed by atoms with van der Waals surface area (Å²) in [7, 11) is 0. The van der Waals surface area contributed by atoms with Crippen molar-refractivity contribution in [3.05, 3.63) is 34.4 Å². The number of rotatable bonds is 3. The summed E-state index contributed by atoms with van der Waals surface area (Å²) in [6.07, 6.45) is 3.86. The SMILES string of the molecule is CCc1cc(C)c(C)c(CC2(O)CC2)c1. The van der Waals surface area contributed by atoms with E-state index in [9.17, 15) is 5.11 Å². The molecule has 0 spiro atoms. The topological polar surface area (TPSA) is 20.2 Å². The van der Waals surface area contributed by atoms with Crippen LogP contribution >= 0.6 is 0 Å². The summed E-state index contributed by atoms with van der Waals surface area (Å²) in [6.45, 7) is 6.50. The van der Waals surface area contributed by atoms with Gasteiger partial charge in [0.25, 0.3) is 0 Å². The molecule has 0 aromatic heterocycles. The van der Waals surface area contributed by atoms with Gasteiger partial charge in [0.1, 0.15) is 0 Å². The molecule has 1 nitrogen and oxygen atoms in total. The monoisotopic (exact) mass is 204 g/mol. The molecule has 0 bridgehead atoms. The van der Waals surface area contributed by atoms with Crippen molar-refractivity contribution < 1.29 is 5.11 Å². The van der Waals surface area contributed by atoms with Crippen molar-refractivity contribution in [3.8, 4) is 0 Å². The third-order valence-corrected chi connectivity index (χ3v) is 3.59. The van der Waals surface area contributed by atoms with Gasteiger partial charge in [-0.05, 0) is 55.4 Å². The molecule has 1 N–H and O–H groups in total. The molecular formula is C14H20O. The molecule has 1 saturated carbocycles. The van der Waals surface area contributed by atoms with Gasteiger partial charge in [-0.15, -0.1) is 0 Å². The number of benzene rings is 1. The fourth-order valence-corrected chi connectivity index (χ4v) is 2.08. The van der Waals surface area contributed by atoms with Gasteiger partial charge >= 0.3 is 0 Å². The van der Waals surface area contributed by atoms with Gasteiger partial charge in [-0.3, -0.25) is 0 Å². The van der Waals surface area contributed by atoms with Crippen LogP contribution in [0.2, 0.25) is 0 Å². The van der Waals surface area contributed by atoms with Crippen LogP contribution in [0.5, 0.6) is 0 Å². The lowest BCUT2D eigenvalue weighted by Crippen LogP contribution is -2.12. The summed E-state index contributed by atoms with van der Waals surface area (Å²) in [5.74, 6) is 0. The van der Waals surface area contributed by atoms with Crippen molar-refractivity contribution in [1.82, 2.24) is 0 Å². The van der Waals surface area contributed by atoms with Gasteiger partial charge in [0.05, 0.1) is 5.60 Å². The highest BCUT2D eigenvalue weighted by molar-refractivity contribution is 5.39. The standard InChI is InChI=1S/C14H20O/c1-4-12-7-10(2)11(3)13(8-12)9-14(15)5-6-14/h7-8,15H,4-6,9H2,1-3H3. The Hall–Kier alpha value is -0.820. The summed E-state index contributed by atoms with van der Waals surface area (Å²) in [5, 5.41) is 9.96. The Balaban J connectivity index is 2.31. The molecular weight excluding hydrogens is 184 g/mol. The minimum atomic E-state index is -0.371. The van der Waals surface area contributed by atoms with Crippen molar-refractivity contribution >= 4 is 0 Å². The van der Waals surface area contributed by atoms with E-state index in [-0.39, 0.29) is 5.60 Å². The van der Waals surface area contributed by atoms with Crippen molar-refractivity contribution in [2.75, 3.05) is 0 Å². The van der Waals surface area contributed by atoms with Crippen molar-refractivity contribution in [2.45, 2.75) is 52.1 Å². The maximum Gasteiger partial charge on any atom is 0.0690 e. The molecule has 0 heterocycles. The van der Waals surface area contributed by atoms with E-state index in [1.165, 1.54) is 22.3 Å². The zero-order valence-corrected chi connectivity index (χ0v) is 9.93. The van der Waals surface area contributed by atoms with E-state index in [1.54, 1.807) is 0 Å². The number of hydrogen-bond acceptors (Lipinski definition) is 1. The molecule has 0 amide bonds. The lowest BCUT2D eigenvalue weighted by atomic mass is 9.94. The molecule has 1 aliphatic carbocycles. The van der Waals surface area contributed by atoms with Crippen LogP contribution in [0.4, 0.5) is 0 Å². The van der Waals surface area contributed by atoms with Crippen molar-refractivity contribution in [3.63, 3.8) is 0 Å². The van der Waals surface area contributed by atoms with Gasteiger partial charge in [-0.2, -0.15) is 0 Å². The van der Waals surface area contributed by atoms with Crippen molar-refractivity contribution in [2.24, 2.45) is 0 Å². The first-order valence-electron chi connectivity index (χ1n) is 5.85. The minimum Gasteiger partial charge on any atom is -0.390 e. The maximum atomic E-state index is 9.96. The normalized spacial score (nSPS) is 17.9. The fraction of sp³-hybridized carbons (Fsp3) is 0.571. The van der Waals surface area contributed by atoms with Crippen LogP contribution in [-0.2, 0) is 12.8 Å². The van der Waals surface area contributed by atoms with E-state index < -0.39 is 0 Å². The molecule has 0 aliphatic heterocycles. The molecule has 0 radical (unpaired) electrons. The molecule has 1 fully saturated rings. The second kappa shape index (κ2) is 3.64. The van der Waals surface area contributed by atoms with Crippen LogP contribution in [0.3, 0.4) is 0 Å². The Bertz CT molecular complexity index is 375. The summed E-state index contributed by atoms with van der Waals surface area (Å²) in [4.78, 5) is 0. The summed E-state index contributed by atoms with van der Waals surface area (Å²) in [5.41, 5.74) is 5.06. The largest absolute Gasteiger partial charge is 0.390 e. The second-order valence-electron chi connectivity index (χ2n) is 4.95. The van der Waals surface area contributed by atoms with E-state index in [2.05, 4.69) is 32.9 Å². The maximum absolute atomic E-state index is 9.96. The first kappa shape index (κ1) is 10.7. The average Bonchev–Trinajstić information content (AvgIpc) is 2.91. The van der Waals surface area contributed by atoms with Gasteiger partial charge in [0.2, 0.25) is 0 Å². The molecule has 0 unspecified atom stereocenters. The van der Waals surface area contributed by atoms with Gasteiger partial charge in [-0.1, -0.05) is 19.1 Å². The van der Waals surface area contributed by atoms with Crippen LogP contribution in [0.25, 0.3) is 0 Å². The van der Waals surface area contributed by atoms with Crippen LogP contribution in [0.15, 0.2) is 12.1 Å². The molecule has 1 aromatic carbocycles. The molecule has 1 heteroatoms. The highest BCUT2D eigenvalue weighted by atomic mass is 16.3. The highest BCUT2D eigenvalue weighted by Crippen LogP contribution is 2.39. The molecule has 0 saturated heterocycles. The Morgan fingerprint density at radius 1 is 1.27 bits per heavy atom. The van der Waals surface area contributed by atoms with E-state index in [4.69, 9.17) is 0 Å². The van der Waals surface area contributed by atoms with Crippen LogP contribution in [0, 0.1) is 13.8 Å². The Morgan fingerprint density at radius 2 is 1.93 bits per heavy atom.